The first-order valence-corrected chi connectivity index (χ1v) is 3.81. The van der Waals surface area contributed by atoms with Gasteiger partial charge in [0.25, 0.3) is 0 Å². The summed E-state index contributed by atoms with van der Waals surface area (Å²) in [5.41, 5.74) is 0. The number of aliphatic hydroxyl groups excluding tert-OH is 3. The maximum absolute atomic E-state index is 9.21. The molecule has 0 fully saturated rings. The zero-order valence-electron chi connectivity index (χ0n) is 7.17. The Morgan fingerprint density at radius 3 is 2.08 bits per heavy atom. The van der Waals surface area contributed by atoms with Gasteiger partial charge in [-0.05, 0) is 0 Å². The molecule has 0 aliphatic rings. The fraction of sp³-hybridized carbons (Fsp3) is 1.00. The Balaban J connectivity index is 3.71. The third-order valence-electron chi connectivity index (χ3n) is 1.59. The van der Waals surface area contributed by atoms with Crippen molar-refractivity contribution in [1.29, 1.82) is 0 Å². The average molecular weight is 196 g/mol. The third-order valence-corrected chi connectivity index (χ3v) is 1.59. The lowest BCUT2D eigenvalue weighted by atomic mass is 10.1. The van der Waals surface area contributed by atoms with Gasteiger partial charge in [0.2, 0.25) is 0 Å². The highest BCUT2D eigenvalue weighted by Crippen LogP contribution is 2.04. The first-order chi connectivity index (χ1) is 6.13. The van der Waals surface area contributed by atoms with Crippen LogP contribution in [0.5, 0.6) is 0 Å². The summed E-state index contributed by atoms with van der Waals surface area (Å²) in [5, 5.41) is 27.5. The van der Waals surface area contributed by atoms with Gasteiger partial charge in [0.05, 0.1) is 19.3 Å². The van der Waals surface area contributed by atoms with Crippen molar-refractivity contribution in [1.82, 2.24) is 0 Å². The van der Waals surface area contributed by atoms with Crippen LogP contribution in [0.15, 0.2) is 0 Å². The molecule has 0 aliphatic heterocycles. The molecule has 7 nitrogen and oxygen atoms in total. The summed E-state index contributed by atoms with van der Waals surface area (Å²) in [7, 11) is 0. The number of nitrogens with two attached hydrogens (primary N) is 2. The Morgan fingerprint density at radius 2 is 1.62 bits per heavy atom. The molecule has 0 aromatic rings. The van der Waals surface area contributed by atoms with Crippen molar-refractivity contribution in [2.45, 2.75) is 24.7 Å². The molecule has 0 heterocycles. The molecule has 13 heavy (non-hydrogen) atoms. The molecule has 0 rings (SSSR count). The van der Waals surface area contributed by atoms with Crippen LogP contribution in [0.4, 0.5) is 0 Å². The molecule has 80 valence electrons. The van der Waals surface area contributed by atoms with Crippen LogP contribution in [-0.2, 0) is 9.68 Å². The van der Waals surface area contributed by atoms with Crippen molar-refractivity contribution < 1.29 is 25.0 Å². The van der Waals surface area contributed by atoms with Gasteiger partial charge in [-0.25, -0.2) is 11.8 Å². The van der Waals surface area contributed by atoms with E-state index in [1.54, 1.807) is 0 Å². The minimum atomic E-state index is -1.32. The van der Waals surface area contributed by atoms with Crippen LogP contribution >= 0.6 is 0 Å². The van der Waals surface area contributed by atoms with E-state index in [2.05, 4.69) is 15.6 Å². The molecule has 3 unspecified atom stereocenters. The zero-order chi connectivity index (χ0) is 10.3. The highest BCUT2D eigenvalue weighted by molar-refractivity contribution is 4.74. The lowest BCUT2D eigenvalue weighted by molar-refractivity contribution is -0.0948. The molecule has 7 N–H and O–H groups in total. The van der Waals surface area contributed by atoms with Crippen molar-refractivity contribution in [3.05, 3.63) is 0 Å². The number of hydrogen-bond acceptors (Lipinski definition) is 7. The Kier molecular flexibility index (Phi) is 7.00. The molecule has 3 atom stereocenters. The SMILES string of the molecule is NOCCC(O)C(O)C(O)CON. The predicted octanol–water partition coefficient (Wildman–Crippen LogP) is -2.76. The summed E-state index contributed by atoms with van der Waals surface area (Å²) < 4.78 is 0. The van der Waals surface area contributed by atoms with Crippen LogP contribution < -0.4 is 11.8 Å². The first-order valence-electron chi connectivity index (χ1n) is 3.81. The van der Waals surface area contributed by atoms with Crippen molar-refractivity contribution in [2.75, 3.05) is 13.2 Å². The van der Waals surface area contributed by atoms with Crippen LogP contribution in [0.2, 0.25) is 0 Å². The van der Waals surface area contributed by atoms with Gasteiger partial charge in [0.15, 0.2) is 0 Å². The van der Waals surface area contributed by atoms with Crippen LogP contribution in [0, 0.1) is 0 Å². The van der Waals surface area contributed by atoms with Gasteiger partial charge in [0, 0.05) is 6.42 Å². The van der Waals surface area contributed by atoms with Gasteiger partial charge in [-0.3, -0.25) is 0 Å². The van der Waals surface area contributed by atoms with E-state index >= 15 is 0 Å². The molecule has 0 aromatic heterocycles. The second-order valence-corrected chi connectivity index (χ2v) is 2.62. The predicted molar refractivity (Wildman–Crippen MR) is 42.9 cm³/mol. The molecule has 0 aliphatic carbocycles. The topological polar surface area (TPSA) is 131 Å². The fourth-order valence-corrected chi connectivity index (χ4v) is 0.813. The van der Waals surface area contributed by atoms with Crippen molar-refractivity contribution in [2.24, 2.45) is 11.8 Å². The van der Waals surface area contributed by atoms with Gasteiger partial charge < -0.3 is 25.0 Å². The molecular formula is C6H16N2O5. The molecule has 0 saturated carbocycles. The smallest absolute Gasteiger partial charge is 0.108 e. The standard InChI is InChI=1S/C6H16N2O5/c7-12-2-1-4(9)6(11)5(10)3-13-8/h4-6,9-11H,1-3,7-8H2. The first kappa shape index (κ1) is 12.7. The Morgan fingerprint density at radius 1 is 1.00 bits per heavy atom. The average Bonchev–Trinajstić information content (AvgIpc) is 2.13. The van der Waals surface area contributed by atoms with Crippen LogP contribution in [-0.4, -0.2) is 46.8 Å². The quantitative estimate of drug-likeness (QED) is 0.279. The monoisotopic (exact) mass is 196 g/mol. The largest absolute Gasteiger partial charge is 0.390 e. The molecule has 0 bridgehead atoms. The van der Waals surface area contributed by atoms with E-state index in [4.69, 9.17) is 11.0 Å². The lowest BCUT2D eigenvalue weighted by Gasteiger charge is -2.21. The van der Waals surface area contributed by atoms with E-state index in [9.17, 15) is 10.2 Å². The highest BCUT2D eigenvalue weighted by atomic mass is 16.6. The lowest BCUT2D eigenvalue weighted by Crippen LogP contribution is -2.41. The van der Waals surface area contributed by atoms with Gasteiger partial charge >= 0.3 is 0 Å². The third kappa shape index (κ3) is 5.11. The molecule has 0 amide bonds. The van der Waals surface area contributed by atoms with E-state index < -0.39 is 18.3 Å². The Hall–Kier alpha value is -0.280. The molecule has 0 radical (unpaired) electrons. The molecule has 0 saturated heterocycles. The fourth-order valence-electron chi connectivity index (χ4n) is 0.813. The zero-order valence-corrected chi connectivity index (χ0v) is 7.17. The maximum atomic E-state index is 9.21. The van der Waals surface area contributed by atoms with Gasteiger partial charge in [-0.15, -0.1) is 0 Å². The normalized spacial score (nSPS) is 18.2. The number of aliphatic hydroxyl groups is 3. The molecular weight excluding hydrogens is 180 g/mol. The Bertz CT molecular complexity index is 126. The summed E-state index contributed by atoms with van der Waals surface area (Å²) in [4.78, 5) is 8.30. The second-order valence-electron chi connectivity index (χ2n) is 2.62. The molecule has 0 aromatic carbocycles. The molecule has 0 spiro atoms. The minimum absolute atomic E-state index is 0.0917. The van der Waals surface area contributed by atoms with E-state index in [1.807, 2.05) is 0 Å². The van der Waals surface area contributed by atoms with E-state index in [0.29, 0.717) is 0 Å². The highest BCUT2D eigenvalue weighted by Gasteiger charge is 2.24. The summed E-state index contributed by atoms with van der Waals surface area (Å²) in [5.74, 6) is 9.38. The summed E-state index contributed by atoms with van der Waals surface area (Å²) in [6, 6.07) is 0. The second kappa shape index (κ2) is 7.15. The number of rotatable bonds is 7. The van der Waals surface area contributed by atoms with Crippen LogP contribution in [0.1, 0.15) is 6.42 Å². The van der Waals surface area contributed by atoms with Crippen molar-refractivity contribution in [3.8, 4) is 0 Å². The Labute approximate surface area is 75.8 Å². The van der Waals surface area contributed by atoms with Crippen LogP contribution in [0.3, 0.4) is 0 Å². The van der Waals surface area contributed by atoms with E-state index in [0.717, 1.165) is 0 Å². The van der Waals surface area contributed by atoms with Crippen molar-refractivity contribution >= 4 is 0 Å². The van der Waals surface area contributed by atoms with E-state index in [-0.39, 0.29) is 19.6 Å². The number of hydrogen-bond donors (Lipinski definition) is 5. The minimum Gasteiger partial charge on any atom is -0.390 e. The summed E-state index contributed by atoms with van der Waals surface area (Å²) in [6.07, 6.45) is -3.54. The van der Waals surface area contributed by atoms with Crippen molar-refractivity contribution in [3.63, 3.8) is 0 Å². The van der Waals surface area contributed by atoms with E-state index in [1.165, 1.54) is 0 Å². The van der Waals surface area contributed by atoms with Gasteiger partial charge in [-0.2, -0.15) is 0 Å². The van der Waals surface area contributed by atoms with Crippen LogP contribution in [0.25, 0.3) is 0 Å². The summed E-state index contributed by atoms with van der Waals surface area (Å²) >= 11 is 0. The van der Waals surface area contributed by atoms with Gasteiger partial charge in [0.1, 0.15) is 12.2 Å². The maximum Gasteiger partial charge on any atom is 0.108 e. The summed E-state index contributed by atoms with van der Waals surface area (Å²) in [6.45, 7) is -0.157. The molecule has 7 heteroatoms. The van der Waals surface area contributed by atoms with Gasteiger partial charge in [-0.1, -0.05) is 0 Å².